The van der Waals surface area contributed by atoms with Gasteiger partial charge in [-0.1, -0.05) is 23.7 Å². The summed E-state index contributed by atoms with van der Waals surface area (Å²) in [5.74, 6) is 0.806. The number of ether oxygens (including phenoxy) is 1. The van der Waals surface area contributed by atoms with E-state index in [1.54, 1.807) is 0 Å². The van der Waals surface area contributed by atoms with Gasteiger partial charge in [0.2, 0.25) is 5.91 Å². The van der Waals surface area contributed by atoms with Gasteiger partial charge in [-0.3, -0.25) is 4.79 Å². The van der Waals surface area contributed by atoms with E-state index in [4.69, 9.17) is 16.3 Å². The lowest BCUT2D eigenvalue weighted by Crippen LogP contribution is -2.38. The van der Waals surface area contributed by atoms with E-state index in [1.807, 2.05) is 24.3 Å². The summed E-state index contributed by atoms with van der Waals surface area (Å²) in [6, 6.07) is 8.00. The Labute approximate surface area is 130 Å². The third kappa shape index (κ3) is 2.69. The molecule has 2 heterocycles. The van der Waals surface area contributed by atoms with Gasteiger partial charge < -0.3 is 10.1 Å². The first kappa shape index (κ1) is 13.6. The van der Waals surface area contributed by atoms with Crippen LogP contribution in [0.1, 0.15) is 43.7 Å². The molecule has 0 spiro atoms. The molecule has 112 valence electrons. The lowest BCUT2D eigenvalue weighted by Gasteiger charge is -2.24. The lowest BCUT2D eigenvalue weighted by molar-refractivity contribution is -0.127. The zero-order valence-electron chi connectivity index (χ0n) is 11.9. The smallest absolute Gasteiger partial charge is 0.226 e. The second kappa shape index (κ2) is 5.29. The molecule has 1 N–H and O–H groups in total. The Bertz CT molecular complexity index is 540. The van der Waals surface area contributed by atoms with E-state index in [-0.39, 0.29) is 24.0 Å². The number of benzene rings is 1. The van der Waals surface area contributed by atoms with Crippen molar-refractivity contribution in [2.45, 2.75) is 50.4 Å². The SMILES string of the molecule is O=C(N[C@H](c1ccc(Cl)cc1)C1CC1)[C@@H]1C[C@H]2CC[C@H]1O2. The number of hydrogen-bond acceptors (Lipinski definition) is 2. The maximum Gasteiger partial charge on any atom is 0.226 e. The Morgan fingerprint density at radius 2 is 1.95 bits per heavy atom. The van der Waals surface area contributed by atoms with Crippen LogP contribution in [0.4, 0.5) is 0 Å². The highest BCUT2D eigenvalue weighted by Crippen LogP contribution is 2.43. The summed E-state index contributed by atoms with van der Waals surface area (Å²) in [5, 5.41) is 4.02. The molecular formula is C17H20ClNO2. The molecule has 0 aromatic heterocycles. The summed E-state index contributed by atoms with van der Waals surface area (Å²) in [4.78, 5) is 12.6. The fourth-order valence-corrected chi connectivity index (χ4v) is 3.87. The number of hydrogen-bond donors (Lipinski definition) is 1. The van der Waals surface area contributed by atoms with Crippen molar-refractivity contribution in [3.8, 4) is 0 Å². The molecule has 1 aromatic carbocycles. The van der Waals surface area contributed by atoms with Gasteiger partial charge in [-0.05, 0) is 55.7 Å². The largest absolute Gasteiger partial charge is 0.374 e. The first-order valence-electron chi connectivity index (χ1n) is 7.92. The zero-order chi connectivity index (χ0) is 14.4. The van der Waals surface area contributed by atoms with Crippen molar-refractivity contribution in [3.63, 3.8) is 0 Å². The second-order valence-electron chi connectivity index (χ2n) is 6.59. The standard InChI is InChI=1S/C17H20ClNO2/c18-12-5-3-11(4-6-12)16(10-1-2-10)19-17(20)14-9-13-7-8-15(14)21-13/h3-6,10,13-16H,1-2,7-9H2,(H,19,20)/t13-,14-,15-,16+/m1/s1. The average Bonchev–Trinajstić information content (AvgIpc) is 3.11. The molecule has 3 nitrogen and oxygen atoms in total. The minimum absolute atomic E-state index is 0.0531. The molecule has 21 heavy (non-hydrogen) atoms. The van der Waals surface area contributed by atoms with Gasteiger partial charge in [-0.15, -0.1) is 0 Å². The number of fused-ring (bicyclic) bond motifs is 2. The molecule has 3 aliphatic rings. The van der Waals surface area contributed by atoms with E-state index in [2.05, 4.69) is 5.32 Å². The number of carbonyl (C=O) groups excluding carboxylic acids is 1. The van der Waals surface area contributed by atoms with Crippen molar-refractivity contribution in [1.29, 1.82) is 0 Å². The highest BCUT2D eigenvalue weighted by atomic mass is 35.5. The number of halogens is 1. The number of carbonyl (C=O) groups is 1. The van der Waals surface area contributed by atoms with Crippen molar-refractivity contribution in [1.82, 2.24) is 5.32 Å². The number of rotatable bonds is 4. The van der Waals surface area contributed by atoms with Gasteiger partial charge in [-0.25, -0.2) is 0 Å². The fraction of sp³-hybridized carbons (Fsp3) is 0.588. The highest BCUT2D eigenvalue weighted by molar-refractivity contribution is 6.30. The molecule has 1 aliphatic carbocycles. The Hall–Kier alpha value is -1.06. The minimum atomic E-state index is 0.0531. The third-order valence-corrected chi connectivity index (χ3v) is 5.32. The quantitative estimate of drug-likeness (QED) is 0.925. The van der Waals surface area contributed by atoms with Gasteiger partial charge in [0.25, 0.3) is 0 Å². The van der Waals surface area contributed by atoms with Gasteiger partial charge in [0, 0.05) is 5.02 Å². The molecular weight excluding hydrogens is 286 g/mol. The molecule has 0 radical (unpaired) electrons. The van der Waals surface area contributed by atoms with Crippen LogP contribution < -0.4 is 5.32 Å². The van der Waals surface area contributed by atoms with Crippen LogP contribution in [0.25, 0.3) is 0 Å². The van der Waals surface area contributed by atoms with E-state index in [1.165, 1.54) is 18.4 Å². The van der Waals surface area contributed by atoms with Crippen molar-refractivity contribution in [2.24, 2.45) is 11.8 Å². The Morgan fingerprint density at radius 3 is 2.52 bits per heavy atom. The second-order valence-corrected chi connectivity index (χ2v) is 7.03. The van der Waals surface area contributed by atoms with E-state index < -0.39 is 0 Å². The van der Waals surface area contributed by atoms with Crippen molar-refractivity contribution in [2.75, 3.05) is 0 Å². The van der Waals surface area contributed by atoms with Gasteiger partial charge in [0.15, 0.2) is 0 Å². The van der Waals surface area contributed by atoms with Crippen LogP contribution in [-0.4, -0.2) is 18.1 Å². The molecule has 3 fully saturated rings. The molecule has 2 bridgehead atoms. The van der Waals surface area contributed by atoms with Crippen LogP contribution in [0.2, 0.25) is 5.02 Å². The van der Waals surface area contributed by atoms with Gasteiger partial charge >= 0.3 is 0 Å². The van der Waals surface area contributed by atoms with Crippen LogP contribution in [-0.2, 0) is 9.53 Å². The highest BCUT2D eigenvalue weighted by Gasteiger charge is 2.45. The minimum Gasteiger partial charge on any atom is -0.374 e. The van der Waals surface area contributed by atoms with E-state index in [0.29, 0.717) is 12.0 Å². The predicted octanol–water partition coefficient (Wildman–Crippen LogP) is 3.47. The zero-order valence-corrected chi connectivity index (χ0v) is 12.7. The predicted molar refractivity (Wildman–Crippen MR) is 81.1 cm³/mol. The molecule has 2 aliphatic heterocycles. The maximum atomic E-state index is 12.6. The van der Waals surface area contributed by atoms with Crippen molar-refractivity contribution >= 4 is 17.5 Å². The molecule has 2 saturated heterocycles. The molecule has 1 amide bonds. The van der Waals surface area contributed by atoms with Crippen LogP contribution in [0.15, 0.2) is 24.3 Å². The van der Waals surface area contributed by atoms with Crippen LogP contribution in [0.3, 0.4) is 0 Å². The van der Waals surface area contributed by atoms with Crippen molar-refractivity contribution in [3.05, 3.63) is 34.9 Å². The van der Waals surface area contributed by atoms with Crippen molar-refractivity contribution < 1.29 is 9.53 Å². The van der Waals surface area contributed by atoms with Crippen LogP contribution in [0.5, 0.6) is 0 Å². The number of amides is 1. The summed E-state index contributed by atoms with van der Waals surface area (Å²) >= 11 is 5.96. The monoisotopic (exact) mass is 305 g/mol. The Balaban J connectivity index is 1.47. The number of nitrogens with one attached hydrogen (secondary N) is 1. The molecule has 4 atom stereocenters. The first-order chi connectivity index (χ1) is 10.2. The summed E-state index contributed by atoms with van der Waals surface area (Å²) in [5.41, 5.74) is 1.17. The van der Waals surface area contributed by atoms with Gasteiger partial charge in [-0.2, -0.15) is 0 Å². The first-order valence-corrected chi connectivity index (χ1v) is 8.30. The van der Waals surface area contributed by atoms with E-state index in [0.717, 1.165) is 24.3 Å². The maximum absolute atomic E-state index is 12.6. The summed E-state index contributed by atoms with van der Waals surface area (Å²) < 4.78 is 5.81. The lowest BCUT2D eigenvalue weighted by atomic mass is 9.88. The molecule has 0 unspecified atom stereocenters. The Morgan fingerprint density at radius 1 is 1.19 bits per heavy atom. The van der Waals surface area contributed by atoms with Crippen LogP contribution in [0, 0.1) is 11.8 Å². The van der Waals surface area contributed by atoms with Gasteiger partial charge in [0.1, 0.15) is 0 Å². The summed E-state index contributed by atoms with van der Waals surface area (Å²) in [6.07, 6.45) is 5.92. The average molecular weight is 306 g/mol. The van der Waals surface area contributed by atoms with Crippen LogP contribution >= 0.6 is 11.6 Å². The normalized spacial score (nSPS) is 32.1. The fourth-order valence-electron chi connectivity index (χ4n) is 3.75. The Kier molecular flexibility index (Phi) is 3.43. The molecule has 4 heteroatoms. The molecule has 1 aromatic rings. The topological polar surface area (TPSA) is 38.3 Å². The van der Waals surface area contributed by atoms with E-state index in [9.17, 15) is 4.79 Å². The molecule has 1 saturated carbocycles. The summed E-state index contributed by atoms with van der Waals surface area (Å²) in [6.45, 7) is 0. The van der Waals surface area contributed by atoms with Gasteiger partial charge in [0.05, 0.1) is 24.2 Å². The summed E-state index contributed by atoms with van der Waals surface area (Å²) in [7, 11) is 0. The third-order valence-electron chi connectivity index (χ3n) is 5.06. The molecule has 4 rings (SSSR count). The van der Waals surface area contributed by atoms with E-state index >= 15 is 0 Å².